The van der Waals surface area contributed by atoms with Crippen LogP contribution < -0.4 is 0 Å². The van der Waals surface area contributed by atoms with Gasteiger partial charge in [-0.1, -0.05) is 36.4 Å². The zero-order chi connectivity index (χ0) is 11.1. The fourth-order valence-electron chi connectivity index (χ4n) is 2.17. The van der Waals surface area contributed by atoms with Crippen molar-refractivity contribution >= 4 is 16.8 Å². The van der Waals surface area contributed by atoms with Gasteiger partial charge in [-0.2, -0.15) is 0 Å². The average molecular weight is 212 g/mol. The molecule has 0 saturated carbocycles. The predicted octanol–water partition coefficient (Wildman–Crippen LogP) is 2.26. The number of benzene rings is 2. The second-order valence-electron chi connectivity index (χ2n) is 4.12. The lowest BCUT2D eigenvalue weighted by Gasteiger charge is -2.22. The van der Waals surface area contributed by atoms with Crippen LogP contribution in [0.1, 0.15) is 17.2 Å². The van der Waals surface area contributed by atoms with E-state index < -0.39 is 12.2 Å². The zero-order valence-electron chi connectivity index (χ0n) is 8.67. The van der Waals surface area contributed by atoms with Crippen molar-refractivity contribution in [2.45, 2.75) is 12.2 Å². The number of aliphatic hydroxyl groups is 2. The summed E-state index contributed by atoms with van der Waals surface area (Å²) in [4.78, 5) is 0. The Morgan fingerprint density at radius 3 is 2.38 bits per heavy atom. The van der Waals surface area contributed by atoms with E-state index in [0.717, 1.165) is 21.9 Å². The highest BCUT2D eigenvalue weighted by molar-refractivity contribution is 5.86. The van der Waals surface area contributed by atoms with Gasteiger partial charge in [0.1, 0.15) is 12.2 Å². The molecule has 0 amide bonds. The molecule has 0 bridgehead atoms. The maximum absolute atomic E-state index is 9.89. The fourth-order valence-corrected chi connectivity index (χ4v) is 2.17. The summed E-state index contributed by atoms with van der Waals surface area (Å²) in [6.45, 7) is 0. The molecular formula is C14H12O2. The van der Waals surface area contributed by atoms with E-state index in [0.29, 0.717) is 0 Å². The van der Waals surface area contributed by atoms with E-state index >= 15 is 0 Å². The average Bonchev–Trinajstić information content (AvgIpc) is 2.32. The van der Waals surface area contributed by atoms with Gasteiger partial charge in [0, 0.05) is 0 Å². The summed E-state index contributed by atoms with van der Waals surface area (Å²) in [5.74, 6) is 0. The molecule has 1 aliphatic rings. The zero-order valence-corrected chi connectivity index (χ0v) is 8.67. The summed E-state index contributed by atoms with van der Waals surface area (Å²) in [5, 5.41) is 21.7. The molecule has 0 aromatic heterocycles. The van der Waals surface area contributed by atoms with Gasteiger partial charge in [-0.15, -0.1) is 0 Å². The Bertz CT molecular complexity index is 572. The molecule has 2 aromatic rings. The molecule has 2 nitrogen and oxygen atoms in total. The molecule has 0 radical (unpaired) electrons. The van der Waals surface area contributed by atoms with Gasteiger partial charge in [0.25, 0.3) is 0 Å². The van der Waals surface area contributed by atoms with Crippen molar-refractivity contribution in [3.63, 3.8) is 0 Å². The van der Waals surface area contributed by atoms with Crippen molar-refractivity contribution in [3.8, 4) is 0 Å². The minimum atomic E-state index is -0.815. The Labute approximate surface area is 93.5 Å². The SMILES string of the molecule is O[C@@H]1C=Cc2cc3ccccc3cc2[C@H]1O. The quantitative estimate of drug-likeness (QED) is 0.703. The summed E-state index contributed by atoms with van der Waals surface area (Å²) >= 11 is 0. The van der Waals surface area contributed by atoms with Crippen LogP contribution in [-0.4, -0.2) is 16.3 Å². The summed E-state index contributed by atoms with van der Waals surface area (Å²) in [6, 6.07) is 12.0. The van der Waals surface area contributed by atoms with Gasteiger partial charge >= 0.3 is 0 Å². The third kappa shape index (κ3) is 1.35. The smallest absolute Gasteiger partial charge is 0.109 e. The minimum absolute atomic E-state index is 0.798. The topological polar surface area (TPSA) is 40.5 Å². The molecule has 2 heteroatoms. The normalized spacial score (nSPS) is 23.4. The largest absolute Gasteiger partial charge is 0.386 e. The molecule has 0 spiro atoms. The van der Waals surface area contributed by atoms with Gasteiger partial charge in [0.15, 0.2) is 0 Å². The Morgan fingerprint density at radius 1 is 0.938 bits per heavy atom. The first kappa shape index (κ1) is 9.58. The Hall–Kier alpha value is -1.64. The number of aliphatic hydroxyl groups excluding tert-OH is 2. The van der Waals surface area contributed by atoms with Crippen LogP contribution in [0.4, 0.5) is 0 Å². The van der Waals surface area contributed by atoms with E-state index in [9.17, 15) is 10.2 Å². The molecule has 0 aliphatic heterocycles. The van der Waals surface area contributed by atoms with E-state index in [1.165, 1.54) is 0 Å². The van der Waals surface area contributed by atoms with Crippen LogP contribution in [0.25, 0.3) is 16.8 Å². The molecule has 2 N–H and O–H groups in total. The van der Waals surface area contributed by atoms with Crippen LogP contribution >= 0.6 is 0 Å². The third-order valence-electron chi connectivity index (χ3n) is 3.07. The van der Waals surface area contributed by atoms with Gasteiger partial charge in [0.2, 0.25) is 0 Å². The van der Waals surface area contributed by atoms with Crippen LogP contribution in [0.15, 0.2) is 42.5 Å². The van der Waals surface area contributed by atoms with E-state index in [2.05, 4.69) is 0 Å². The summed E-state index contributed by atoms with van der Waals surface area (Å²) in [6.07, 6.45) is 1.87. The van der Waals surface area contributed by atoms with Crippen molar-refractivity contribution in [3.05, 3.63) is 53.6 Å². The molecule has 16 heavy (non-hydrogen) atoms. The maximum Gasteiger partial charge on any atom is 0.109 e. The molecule has 3 rings (SSSR count). The van der Waals surface area contributed by atoms with E-state index in [1.54, 1.807) is 6.08 Å². The predicted molar refractivity (Wildman–Crippen MR) is 63.9 cm³/mol. The fraction of sp³-hybridized carbons (Fsp3) is 0.143. The Balaban J connectivity index is 2.29. The third-order valence-corrected chi connectivity index (χ3v) is 3.07. The van der Waals surface area contributed by atoms with Crippen LogP contribution in [-0.2, 0) is 0 Å². The number of fused-ring (bicyclic) bond motifs is 2. The second kappa shape index (κ2) is 3.44. The van der Waals surface area contributed by atoms with E-state index in [-0.39, 0.29) is 0 Å². The van der Waals surface area contributed by atoms with Gasteiger partial charge in [0.05, 0.1) is 0 Å². The number of hydrogen-bond acceptors (Lipinski definition) is 2. The molecule has 0 saturated heterocycles. The summed E-state index contributed by atoms with van der Waals surface area (Å²) in [7, 11) is 0. The first-order valence-electron chi connectivity index (χ1n) is 5.33. The first-order chi connectivity index (χ1) is 7.75. The van der Waals surface area contributed by atoms with Crippen molar-refractivity contribution in [2.75, 3.05) is 0 Å². The highest BCUT2D eigenvalue weighted by Crippen LogP contribution is 2.31. The van der Waals surface area contributed by atoms with Crippen molar-refractivity contribution in [1.82, 2.24) is 0 Å². The van der Waals surface area contributed by atoms with Crippen molar-refractivity contribution < 1.29 is 10.2 Å². The number of hydrogen-bond donors (Lipinski definition) is 2. The van der Waals surface area contributed by atoms with Gasteiger partial charge in [-0.05, 0) is 34.0 Å². The Kier molecular flexibility index (Phi) is 2.06. The van der Waals surface area contributed by atoms with E-state index in [4.69, 9.17) is 0 Å². The van der Waals surface area contributed by atoms with Gasteiger partial charge in [-0.25, -0.2) is 0 Å². The molecule has 0 unspecified atom stereocenters. The molecule has 0 heterocycles. The lowest BCUT2D eigenvalue weighted by atomic mass is 9.90. The van der Waals surface area contributed by atoms with Gasteiger partial charge in [-0.3, -0.25) is 0 Å². The molecule has 80 valence electrons. The Morgan fingerprint density at radius 2 is 1.62 bits per heavy atom. The monoisotopic (exact) mass is 212 g/mol. The van der Waals surface area contributed by atoms with Crippen molar-refractivity contribution in [2.24, 2.45) is 0 Å². The highest BCUT2D eigenvalue weighted by atomic mass is 16.3. The first-order valence-corrected chi connectivity index (χ1v) is 5.33. The second-order valence-corrected chi connectivity index (χ2v) is 4.12. The number of rotatable bonds is 0. The standard InChI is InChI=1S/C14H12O2/c15-13-6-5-11-7-9-3-1-2-4-10(9)8-12(11)14(13)16/h1-8,13-16H/t13-,14-/m1/s1. The van der Waals surface area contributed by atoms with Crippen LogP contribution in [0.2, 0.25) is 0 Å². The molecule has 2 atom stereocenters. The maximum atomic E-state index is 9.89. The van der Waals surface area contributed by atoms with Gasteiger partial charge < -0.3 is 10.2 Å². The highest BCUT2D eigenvalue weighted by Gasteiger charge is 2.22. The summed E-state index contributed by atoms with van der Waals surface area (Å²) in [5.41, 5.74) is 1.78. The van der Waals surface area contributed by atoms with Crippen LogP contribution in [0.3, 0.4) is 0 Å². The lowest BCUT2D eigenvalue weighted by Crippen LogP contribution is -2.19. The van der Waals surface area contributed by atoms with Crippen LogP contribution in [0, 0.1) is 0 Å². The molecule has 1 aliphatic carbocycles. The van der Waals surface area contributed by atoms with Crippen LogP contribution in [0.5, 0.6) is 0 Å². The summed E-state index contributed by atoms with van der Waals surface area (Å²) < 4.78 is 0. The molecule has 0 fully saturated rings. The molecular weight excluding hydrogens is 200 g/mol. The van der Waals surface area contributed by atoms with Crippen molar-refractivity contribution in [1.29, 1.82) is 0 Å². The van der Waals surface area contributed by atoms with E-state index in [1.807, 2.05) is 42.5 Å². The minimum Gasteiger partial charge on any atom is -0.386 e. The lowest BCUT2D eigenvalue weighted by molar-refractivity contribution is 0.0471. The molecule has 2 aromatic carbocycles.